The number of likely N-dealkylation sites (N-methyl/N-ethyl adjacent to an activating group) is 1. The fraction of sp³-hybridized carbons (Fsp3) is 0.417. The fourth-order valence-corrected chi connectivity index (χ4v) is 1.24. The van der Waals surface area contributed by atoms with E-state index in [1.165, 1.54) is 0 Å². The third-order valence-corrected chi connectivity index (χ3v) is 2.09. The van der Waals surface area contributed by atoms with E-state index in [1.54, 1.807) is 6.92 Å². The van der Waals surface area contributed by atoms with Crippen molar-refractivity contribution in [3.63, 3.8) is 0 Å². The molecule has 1 N–H and O–H groups in total. The van der Waals surface area contributed by atoms with Gasteiger partial charge < -0.3 is 10.1 Å². The maximum Gasteiger partial charge on any atom is 0.323 e. The van der Waals surface area contributed by atoms with Crippen molar-refractivity contribution in [1.29, 1.82) is 0 Å². The number of hydrogen-bond donors (Lipinski definition) is 1. The molecule has 0 aliphatic heterocycles. The number of carbonyl (C=O) groups is 1. The highest BCUT2D eigenvalue weighted by molar-refractivity contribution is 5.85. The van der Waals surface area contributed by atoms with E-state index in [4.69, 9.17) is 4.74 Å². The van der Waals surface area contributed by atoms with E-state index in [0.717, 1.165) is 12.1 Å². The van der Waals surface area contributed by atoms with Gasteiger partial charge in [0, 0.05) is 0 Å². The van der Waals surface area contributed by atoms with Crippen molar-refractivity contribution in [2.24, 2.45) is 0 Å². The second kappa shape index (κ2) is 8.13. The quantitative estimate of drug-likeness (QED) is 0.806. The summed E-state index contributed by atoms with van der Waals surface area (Å²) in [6.07, 6.45) is 0. The number of hydrogen-bond acceptors (Lipinski definition) is 3. The second-order valence-electron chi connectivity index (χ2n) is 3.37. The number of benzene rings is 1. The average molecular weight is 244 g/mol. The van der Waals surface area contributed by atoms with Gasteiger partial charge in [0.2, 0.25) is 0 Å². The molecule has 1 atom stereocenters. The Kier molecular flexibility index (Phi) is 7.60. The van der Waals surface area contributed by atoms with Crippen LogP contribution in [0.4, 0.5) is 0 Å². The van der Waals surface area contributed by atoms with E-state index in [-0.39, 0.29) is 24.4 Å². The smallest absolute Gasteiger partial charge is 0.323 e. The molecule has 0 heterocycles. The molecule has 90 valence electrons. The minimum absolute atomic E-state index is 0. The maximum atomic E-state index is 11.4. The summed E-state index contributed by atoms with van der Waals surface area (Å²) in [5.41, 5.74) is 1.01. The molecule has 0 saturated carbocycles. The first-order valence-corrected chi connectivity index (χ1v) is 5.18. The summed E-state index contributed by atoms with van der Waals surface area (Å²) in [5.74, 6) is -0.208. The lowest BCUT2D eigenvalue weighted by atomic mass is 10.2. The molecule has 0 radical (unpaired) electrons. The SMILES string of the molecule is CCNC(C)C(=O)OCc1ccccc1.Cl. The van der Waals surface area contributed by atoms with Crippen LogP contribution >= 0.6 is 12.4 Å². The highest BCUT2D eigenvalue weighted by Crippen LogP contribution is 2.01. The Hall–Kier alpha value is -1.06. The van der Waals surface area contributed by atoms with Gasteiger partial charge >= 0.3 is 5.97 Å². The van der Waals surface area contributed by atoms with Crippen LogP contribution in [0.1, 0.15) is 19.4 Å². The molecule has 0 aliphatic rings. The normalized spacial score (nSPS) is 11.4. The van der Waals surface area contributed by atoms with Crippen LogP contribution in [0.3, 0.4) is 0 Å². The number of carbonyl (C=O) groups excluding carboxylic acids is 1. The van der Waals surface area contributed by atoms with Crippen molar-refractivity contribution in [2.75, 3.05) is 6.54 Å². The molecule has 0 fully saturated rings. The Morgan fingerprint density at radius 3 is 2.56 bits per heavy atom. The van der Waals surface area contributed by atoms with Gasteiger partial charge in [-0.15, -0.1) is 12.4 Å². The van der Waals surface area contributed by atoms with Gasteiger partial charge in [0.15, 0.2) is 0 Å². The minimum Gasteiger partial charge on any atom is -0.460 e. The Morgan fingerprint density at radius 1 is 1.38 bits per heavy atom. The van der Waals surface area contributed by atoms with E-state index in [0.29, 0.717) is 6.61 Å². The number of halogens is 1. The zero-order valence-electron chi connectivity index (χ0n) is 9.60. The van der Waals surface area contributed by atoms with Gasteiger partial charge in [-0.05, 0) is 19.0 Å². The molecule has 0 aliphatic carbocycles. The van der Waals surface area contributed by atoms with Crippen LogP contribution in [-0.4, -0.2) is 18.6 Å². The summed E-state index contributed by atoms with van der Waals surface area (Å²) < 4.78 is 5.14. The summed E-state index contributed by atoms with van der Waals surface area (Å²) in [4.78, 5) is 11.4. The molecule has 3 nitrogen and oxygen atoms in total. The molecule has 1 aromatic carbocycles. The van der Waals surface area contributed by atoms with Crippen LogP contribution in [0, 0.1) is 0 Å². The lowest BCUT2D eigenvalue weighted by Crippen LogP contribution is -2.34. The van der Waals surface area contributed by atoms with E-state index in [2.05, 4.69) is 5.32 Å². The van der Waals surface area contributed by atoms with Gasteiger partial charge in [-0.3, -0.25) is 4.79 Å². The van der Waals surface area contributed by atoms with Crippen LogP contribution in [0.25, 0.3) is 0 Å². The molecule has 0 saturated heterocycles. The number of ether oxygens (including phenoxy) is 1. The third-order valence-electron chi connectivity index (χ3n) is 2.09. The van der Waals surface area contributed by atoms with Gasteiger partial charge in [0.25, 0.3) is 0 Å². The second-order valence-corrected chi connectivity index (χ2v) is 3.37. The molecule has 0 bridgehead atoms. The van der Waals surface area contributed by atoms with Crippen molar-refractivity contribution in [3.05, 3.63) is 35.9 Å². The first-order chi connectivity index (χ1) is 7.24. The number of nitrogens with one attached hydrogen (secondary N) is 1. The van der Waals surface area contributed by atoms with Crippen LogP contribution < -0.4 is 5.32 Å². The highest BCUT2D eigenvalue weighted by Gasteiger charge is 2.12. The van der Waals surface area contributed by atoms with Crippen molar-refractivity contribution in [1.82, 2.24) is 5.32 Å². The molecular formula is C12H18ClNO2. The molecule has 4 heteroatoms. The topological polar surface area (TPSA) is 38.3 Å². The lowest BCUT2D eigenvalue weighted by Gasteiger charge is -2.11. The van der Waals surface area contributed by atoms with Gasteiger partial charge in [-0.25, -0.2) is 0 Å². The van der Waals surface area contributed by atoms with Crippen molar-refractivity contribution in [2.45, 2.75) is 26.5 Å². The molecule has 0 spiro atoms. The monoisotopic (exact) mass is 243 g/mol. The van der Waals surface area contributed by atoms with Crippen molar-refractivity contribution < 1.29 is 9.53 Å². The molecule has 0 amide bonds. The van der Waals surface area contributed by atoms with Gasteiger partial charge in [0.1, 0.15) is 12.6 Å². The molecule has 16 heavy (non-hydrogen) atoms. The fourth-order valence-electron chi connectivity index (χ4n) is 1.24. The van der Waals surface area contributed by atoms with Gasteiger partial charge in [-0.2, -0.15) is 0 Å². The number of rotatable bonds is 5. The van der Waals surface area contributed by atoms with E-state index in [9.17, 15) is 4.79 Å². The molecule has 0 aromatic heterocycles. The van der Waals surface area contributed by atoms with Gasteiger partial charge in [-0.1, -0.05) is 37.3 Å². The van der Waals surface area contributed by atoms with Crippen molar-refractivity contribution in [3.8, 4) is 0 Å². The van der Waals surface area contributed by atoms with E-state index in [1.807, 2.05) is 37.3 Å². The van der Waals surface area contributed by atoms with E-state index >= 15 is 0 Å². The minimum atomic E-state index is -0.237. The molecule has 1 aromatic rings. The molecule has 1 unspecified atom stereocenters. The Balaban J connectivity index is 0.00000225. The van der Waals surface area contributed by atoms with E-state index < -0.39 is 0 Å². The summed E-state index contributed by atoms with van der Waals surface area (Å²) >= 11 is 0. The average Bonchev–Trinajstić information content (AvgIpc) is 2.27. The zero-order valence-corrected chi connectivity index (χ0v) is 10.4. The van der Waals surface area contributed by atoms with Crippen LogP contribution in [0.2, 0.25) is 0 Å². The standard InChI is InChI=1S/C12H17NO2.ClH/c1-3-13-10(2)12(14)15-9-11-7-5-4-6-8-11;/h4-8,10,13H,3,9H2,1-2H3;1H. The summed E-state index contributed by atoms with van der Waals surface area (Å²) in [5, 5.41) is 3.01. The highest BCUT2D eigenvalue weighted by atomic mass is 35.5. The van der Waals surface area contributed by atoms with Crippen LogP contribution in [0.5, 0.6) is 0 Å². The Bertz CT molecular complexity index is 303. The Labute approximate surface area is 103 Å². The third kappa shape index (κ3) is 5.14. The summed E-state index contributed by atoms with van der Waals surface area (Å²) in [6.45, 7) is 4.87. The maximum absolute atomic E-state index is 11.4. The predicted octanol–water partition coefficient (Wildman–Crippen LogP) is 2.15. The summed E-state index contributed by atoms with van der Waals surface area (Å²) in [6, 6.07) is 9.43. The first-order valence-electron chi connectivity index (χ1n) is 5.18. The predicted molar refractivity (Wildman–Crippen MR) is 66.6 cm³/mol. The van der Waals surface area contributed by atoms with Crippen LogP contribution in [-0.2, 0) is 16.1 Å². The Morgan fingerprint density at radius 2 is 2.00 bits per heavy atom. The first kappa shape index (κ1) is 14.9. The molecular weight excluding hydrogens is 226 g/mol. The van der Waals surface area contributed by atoms with Gasteiger partial charge in [0.05, 0.1) is 0 Å². The summed E-state index contributed by atoms with van der Waals surface area (Å²) in [7, 11) is 0. The van der Waals surface area contributed by atoms with Crippen LogP contribution in [0.15, 0.2) is 30.3 Å². The zero-order chi connectivity index (χ0) is 11.1. The van der Waals surface area contributed by atoms with Crippen molar-refractivity contribution >= 4 is 18.4 Å². The molecule has 1 rings (SSSR count). The number of esters is 1. The lowest BCUT2D eigenvalue weighted by molar-refractivity contribution is -0.147. The largest absolute Gasteiger partial charge is 0.460 e.